The molecule has 0 aliphatic heterocycles. The fraction of sp³-hybridized carbons (Fsp3) is 0.0714. The van der Waals surface area contributed by atoms with E-state index in [0.717, 1.165) is 4.90 Å². The zero-order valence-electron chi connectivity index (χ0n) is 11.7. The van der Waals surface area contributed by atoms with Crippen molar-refractivity contribution in [3.05, 3.63) is 68.8 Å². The third-order valence-electron chi connectivity index (χ3n) is 2.78. The van der Waals surface area contributed by atoms with Gasteiger partial charge in [-0.2, -0.15) is 0 Å². The van der Waals surface area contributed by atoms with Gasteiger partial charge in [-0.1, -0.05) is 0 Å². The Labute approximate surface area is 134 Å². The fourth-order valence-electron chi connectivity index (χ4n) is 1.68. The molecule has 2 rings (SSSR count). The molecule has 0 saturated carbocycles. The molecule has 0 spiro atoms. The van der Waals surface area contributed by atoms with Crippen molar-refractivity contribution in [3.63, 3.8) is 0 Å². The molecule has 0 bridgehead atoms. The van der Waals surface area contributed by atoms with Crippen molar-refractivity contribution in [2.75, 3.05) is 11.1 Å². The van der Waals surface area contributed by atoms with Gasteiger partial charge >= 0.3 is 0 Å². The van der Waals surface area contributed by atoms with Crippen LogP contribution in [-0.2, 0) is 4.79 Å². The Morgan fingerprint density at radius 3 is 1.87 bits per heavy atom. The van der Waals surface area contributed by atoms with Gasteiger partial charge in [-0.3, -0.25) is 25.0 Å². The number of anilines is 1. The monoisotopic (exact) mass is 333 g/mol. The lowest BCUT2D eigenvalue weighted by molar-refractivity contribution is -0.385. The molecular weight excluding hydrogens is 322 g/mol. The third kappa shape index (κ3) is 4.78. The Morgan fingerprint density at radius 2 is 1.39 bits per heavy atom. The van der Waals surface area contributed by atoms with Crippen molar-refractivity contribution in [3.8, 4) is 0 Å². The lowest BCUT2D eigenvalue weighted by Gasteiger charge is -2.05. The van der Waals surface area contributed by atoms with Crippen LogP contribution >= 0.6 is 11.8 Å². The third-order valence-corrected chi connectivity index (χ3v) is 3.79. The summed E-state index contributed by atoms with van der Waals surface area (Å²) in [4.78, 5) is 32.6. The summed E-state index contributed by atoms with van der Waals surface area (Å²) in [6.07, 6.45) is 0. The van der Waals surface area contributed by atoms with Crippen LogP contribution in [0.1, 0.15) is 0 Å². The zero-order valence-corrected chi connectivity index (χ0v) is 12.5. The van der Waals surface area contributed by atoms with Crippen molar-refractivity contribution >= 4 is 34.7 Å². The number of nitro benzene ring substituents is 2. The van der Waals surface area contributed by atoms with E-state index in [9.17, 15) is 25.0 Å². The first-order chi connectivity index (χ1) is 11.0. The number of nitrogens with one attached hydrogen (secondary N) is 1. The van der Waals surface area contributed by atoms with Crippen molar-refractivity contribution in [2.45, 2.75) is 4.90 Å². The number of carbonyl (C=O) groups excluding carboxylic acids is 1. The number of rotatable bonds is 6. The molecule has 0 aromatic heterocycles. The highest BCUT2D eigenvalue weighted by Crippen LogP contribution is 2.22. The van der Waals surface area contributed by atoms with Gasteiger partial charge in [-0.05, 0) is 24.3 Å². The highest BCUT2D eigenvalue weighted by molar-refractivity contribution is 8.00. The fourth-order valence-corrected chi connectivity index (χ4v) is 2.37. The smallest absolute Gasteiger partial charge is 0.269 e. The maximum atomic E-state index is 11.8. The Bertz CT molecular complexity index is 731. The highest BCUT2D eigenvalue weighted by atomic mass is 32.2. The minimum atomic E-state index is -0.518. The molecule has 0 fully saturated rings. The van der Waals surface area contributed by atoms with E-state index >= 15 is 0 Å². The highest BCUT2D eigenvalue weighted by Gasteiger charge is 2.08. The van der Waals surface area contributed by atoms with Crippen LogP contribution in [0, 0.1) is 20.2 Å². The molecule has 23 heavy (non-hydrogen) atoms. The molecule has 0 atom stereocenters. The number of benzene rings is 2. The Morgan fingerprint density at radius 1 is 0.913 bits per heavy atom. The number of nitrogens with zero attached hydrogens (tertiary/aromatic N) is 2. The molecule has 1 amide bonds. The van der Waals surface area contributed by atoms with Gasteiger partial charge in [-0.25, -0.2) is 0 Å². The molecule has 0 radical (unpaired) electrons. The molecular formula is C14H11N3O5S. The molecule has 0 aliphatic carbocycles. The molecule has 8 nitrogen and oxygen atoms in total. The molecule has 0 unspecified atom stereocenters. The van der Waals surface area contributed by atoms with Gasteiger partial charge < -0.3 is 5.32 Å². The van der Waals surface area contributed by atoms with E-state index in [0.29, 0.717) is 5.69 Å². The first kappa shape index (κ1) is 16.4. The minimum absolute atomic E-state index is 0.00955. The predicted octanol–water partition coefficient (Wildman–Crippen LogP) is 3.23. The first-order valence-electron chi connectivity index (χ1n) is 6.37. The van der Waals surface area contributed by atoms with Crippen molar-refractivity contribution in [1.82, 2.24) is 0 Å². The number of amides is 1. The van der Waals surface area contributed by atoms with Gasteiger partial charge in [0.1, 0.15) is 0 Å². The molecule has 0 aliphatic rings. The average molecular weight is 333 g/mol. The van der Waals surface area contributed by atoms with Crippen LogP contribution < -0.4 is 5.32 Å². The van der Waals surface area contributed by atoms with E-state index < -0.39 is 9.85 Å². The van der Waals surface area contributed by atoms with Crippen LogP contribution in [0.2, 0.25) is 0 Å². The lowest BCUT2D eigenvalue weighted by atomic mass is 10.3. The van der Waals surface area contributed by atoms with Crippen LogP contribution in [-0.4, -0.2) is 21.5 Å². The van der Waals surface area contributed by atoms with Crippen LogP contribution in [0.3, 0.4) is 0 Å². The molecule has 2 aromatic rings. The van der Waals surface area contributed by atoms with Crippen molar-refractivity contribution in [1.29, 1.82) is 0 Å². The van der Waals surface area contributed by atoms with E-state index in [-0.39, 0.29) is 23.0 Å². The van der Waals surface area contributed by atoms with E-state index in [2.05, 4.69) is 5.32 Å². The molecule has 0 saturated heterocycles. The number of hydrogen-bond acceptors (Lipinski definition) is 6. The largest absolute Gasteiger partial charge is 0.325 e. The normalized spacial score (nSPS) is 10.1. The van der Waals surface area contributed by atoms with Crippen LogP contribution in [0.25, 0.3) is 0 Å². The number of hydrogen-bond donors (Lipinski definition) is 1. The maximum Gasteiger partial charge on any atom is 0.269 e. The average Bonchev–Trinajstić information content (AvgIpc) is 2.54. The Hall–Kier alpha value is -2.94. The summed E-state index contributed by atoms with van der Waals surface area (Å²) >= 11 is 1.23. The van der Waals surface area contributed by atoms with Crippen molar-refractivity contribution in [2.24, 2.45) is 0 Å². The summed E-state index contributed by atoms with van der Waals surface area (Å²) in [6.45, 7) is 0. The van der Waals surface area contributed by atoms with Gasteiger partial charge in [0.2, 0.25) is 5.91 Å². The minimum Gasteiger partial charge on any atom is -0.325 e. The second-order valence-corrected chi connectivity index (χ2v) is 5.44. The van der Waals surface area contributed by atoms with Crippen molar-refractivity contribution < 1.29 is 14.6 Å². The van der Waals surface area contributed by atoms with E-state index in [1.54, 1.807) is 12.1 Å². The van der Waals surface area contributed by atoms with Crippen LogP contribution in [0.15, 0.2) is 53.4 Å². The van der Waals surface area contributed by atoms with E-state index in [1.165, 1.54) is 48.2 Å². The maximum absolute atomic E-state index is 11.8. The summed E-state index contributed by atoms with van der Waals surface area (Å²) in [5, 5.41) is 23.7. The number of carbonyl (C=O) groups is 1. The number of non-ortho nitro benzene ring substituents is 2. The standard InChI is InChI=1S/C14H11N3O5S/c18-14(15-10-1-3-11(4-2-10)16(19)20)9-23-13-7-5-12(6-8-13)17(21)22/h1-8H,9H2,(H,15,18). The van der Waals surface area contributed by atoms with Gasteiger partial charge in [0.25, 0.3) is 11.4 Å². The van der Waals surface area contributed by atoms with Gasteiger partial charge in [-0.15, -0.1) is 11.8 Å². The zero-order chi connectivity index (χ0) is 16.8. The number of nitro groups is 2. The van der Waals surface area contributed by atoms with Gasteiger partial charge in [0.05, 0.1) is 15.6 Å². The topological polar surface area (TPSA) is 115 Å². The van der Waals surface area contributed by atoms with E-state index in [1.807, 2.05) is 0 Å². The SMILES string of the molecule is O=C(CSc1ccc([N+](=O)[O-])cc1)Nc1ccc([N+](=O)[O-])cc1. The summed E-state index contributed by atoms with van der Waals surface area (Å²) in [7, 11) is 0. The van der Waals surface area contributed by atoms with Gasteiger partial charge in [0, 0.05) is 34.8 Å². The quantitative estimate of drug-likeness (QED) is 0.493. The Kier molecular flexibility index (Phi) is 5.26. The molecule has 118 valence electrons. The van der Waals surface area contributed by atoms with E-state index in [4.69, 9.17) is 0 Å². The molecule has 1 N–H and O–H groups in total. The molecule has 0 heterocycles. The number of thioether (sulfide) groups is 1. The lowest BCUT2D eigenvalue weighted by Crippen LogP contribution is -2.13. The first-order valence-corrected chi connectivity index (χ1v) is 7.36. The molecule has 2 aromatic carbocycles. The summed E-state index contributed by atoms with van der Waals surface area (Å²) in [5.74, 6) is -0.156. The summed E-state index contributed by atoms with van der Waals surface area (Å²) in [5.41, 5.74) is 0.401. The molecule has 9 heteroatoms. The second-order valence-electron chi connectivity index (χ2n) is 4.39. The van der Waals surface area contributed by atoms with Crippen LogP contribution in [0.5, 0.6) is 0 Å². The summed E-state index contributed by atoms with van der Waals surface area (Å²) in [6, 6.07) is 11.4. The Balaban J connectivity index is 1.87. The summed E-state index contributed by atoms with van der Waals surface area (Å²) < 4.78 is 0. The van der Waals surface area contributed by atoms with Gasteiger partial charge in [0.15, 0.2) is 0 Å². The second kappa shape index (κ2) is 7.36. The van der Waals surface area contributed by atoms with Crippen LogP contribution in [0.4, 0.5) is 17.1 Å². The predicted molar refractivity (Wildman–Crippen MR) is 85.5 cm³/mol.